The Morgan fingerprint density at radius 3 is 2.42 bits per heavy atom. The second-order valence-electron chi connectivity index (χ2n) is 8.55. The molecule has 0 radical (unpaired) electrons. The van der Waals surface area contributed by atoms with E-state index >= 15 is 0 Å². The van der Waals surface area contributed by atoms with Gasteiger partial charge in [-0.3, -0.25) is 0 Å². The highest BCUT2D eigenvalue weighted by atomic mass is 14.6. The second kappa shape index (κ2) is 8.24. The van der Waals surface area contributed by atoms with Gasteiger partial charge >= 0.3 is 0 Å². The molecule has 7 unspecified atom stereocenters. The number of hydrogen-bond acceptors (Lipinski definition) is 0. The topological polar surface area (TPSA) is 0 Å². The summed E-state index contributed by atoms with van der Waals surface area (Å²) in [6.45, 7) is 17.1. The Bertz CT molecular complexity index is 445. The molecule has 4 rings (SSSR count). The first-order valence-electron chi connectivity index (χ1n) is 10.9. The second-order valence-corrected chi connectivity index (χ2v) is 8.55. The molecule has 4 aliphatic rings. The average molecular weight is 331 g/mol. The lowest BCUT2D eigenvalue weighted by atomic mass is 9.58. The maximum absolute atomic E-state index is 4.14. The molecule has 0 spiro atoms. The van der Waals surface area contributed by atoms with Crippen LogP contribution in [0.1, 0.15) is 86.5 Å². The van der Waals surface area contributed by atoms with E-state index in [9.17, 15) is 0 Å². The largest absolute Gasteiger partial charge is 0.103 e. The van der Waals surface area contributed by atoms with Gasteiger partial charge < -0.3 is 0 Å². The Balaban J connectivity index is 0.000000487. The Morgan fingerprint density at radius 1 is 1.04 bits per heavy atom. The van der Waals surface area contributed by atoms with Crippen molar-refractivity contribution in [3.05, 3.63) is 24.3 Å². The molecule has 138 valence electrons. The van der Waals surface area contributed by atoms with Crippen molar-refractivity contribution in [2.45, 2.75) is 86.5 Å². The molecule has 4 aliphatic carbocycles. The van der Waals surface area contributed by atoms with E-state index in [0.717, 1.165) is 35.5 Å². The van der Waals surface area contributed by atoms with Gasteiger partial charge in [-0.05, 0) is 92.8 Å². The summed E-state index contributed by atoms with van der Waals surface area (Å²) in [6.07, 6.45) is 15.1. The van der Waals surface area contributed by atoms with Gasteiger partial charge in [0.25, 0.3) is 0 Å². The number of rotatable bonds is 1. The van der Waals surface area contributed by atoms with Crippen LogP contribution < -0.4 is 0 Å². The molecule has 0 heterocycles. The highest BCUT2D eigenvalue weighted by Gasteiger charge is 2.57. The zero-order chi connectivity index (χ0) is 17.9. The monoisotopic (exact) mass is 330 g/mol. The van der Waals surface area contributed by atoms with Gasteiger partial charge in [0.05, 0.1) is 0 Å². The van der Waals surface area contributed by atoms with Gasteiger partial charge in [0.15, 0.2) is 0 Å². The highest BCUT2D eigenvalue weighted by molar-refractivity contribution is 5.14. The first-order valence-corrected chi connectivity index (χ1v) is 10.9. The van der Waals surface area contributed by atoms with E-state index in [1.54, 1.807) is 12.0 Å². The standard InChI is InChI=1S/C20H30.2C2H6/c1-4-15-6-8-19-18-12-14-11-13(2)5-7-16(14)17(18)9-10-20(15,19)3;2*1-2/h4-5,14-19H,1,6-12H2,2-3H3;2*1-2H3. The summed E-state index contributed by atoms with van der Waals surface area (Å²) in [5.74, 6) is 5.99. The van der Waals surface area contributed by atoms with Crippen LogP contribution in [0.4, 0.5) is 0 Å². The van der Waals surface area contributed by atoms with E-state index in [0.29, 0.717) is 5.41 Å². The van der Waals surface area contributed by atoms with E-state index in [4.69, 9.17) is 0 Å². The fraction of sp³-hybridized carbons (Fsp3) is 0.833. The first-order chi connectivity index (χ1) is 11.6. The molecular formula is C24H42. The van der Waals surface area contributed by atoms with Crippen LogP contribution in [-0.4, -0.2) is 0 Å². The molecule has 0 aromatic rings. The van der Waals surface area contributed by atoms with Crippen LogP contribution in [0.5, 0.6) is 0 Å². The van der Waals surface area contributed by atoms with Gasteiger partial charge in [-0.2, -0.15) is 0 Å². The lowest BCUT2D eigenvalue weighted by Crippen LogP contribution is -2.40. The quantitative estimate of drug-likeness (QED) is 0.433. The van der Waals surface area contributed by atoms with Crippen LogP contribution in [0.3, 0.4) is 0 Å². The van der Waals surface area contributed by atoms with Crippen molar-refractivity contribution in [1.82, 2.24) is 0 Å². The molecular weight excluding hydrogens is 288 g/mol. The van der Waals surface area contributed by atoms with Gasteiger partial charge in [-0.15, -0.1) is 6.58 Å². The number of hydrogen-bond donors (Lipinski definition) is 0. The molecule has 0 bridgehead atoms. The van der Waals surface area contributed by atoms with Crippen molar-refractivity contribution < 1.29 is 0 Å². The minimum absolute atomic E-state index is 0.596. The summed E-state index contributed by atoms with van der Waals surface area (Å²) in [4.78, 5) is 0. The van der Waals surface area contributed by atoms with E-state index in [1.165, 1.54) is 38.5 Å². The van der Waals surface area contributed by atoms with E-state index in [2.05, 4.69) is 32.6 Å². The highest BCUT2D eigenvalue weighted by Crippen LogP contribution is 2.65. The minimum Gasteiger partial charge on any atom is -0.103 e. The molecule has 3 saturated carbocycles. The Hall–Kier alpha value is -0.520. The fourth-order valence-corrected chi connectivity index (χ4v) is 6.93. The van der Waals surface area contributed by atoms with Gasteiger partial charge in [0, 0.05) is 0 Å². The van der Waals surface area contributed by atoms with E-state index < -0.39 is 0 Å². The van der Waals surface area contributed by atoms with Crippen LogP contribution >= 0.6 is 0 Å². The van der Waals surface area contributed by atoms with Crippen molar-refractivity contribution in [2.75, 3.05) is 0 Å². The number of fused-ring (bicyclic) bond motifs is 5. The SMILES string of the molecule is C=CC1CCC2C3CC4CC(C)=CCC4C3CCC12C.CC.CC. The zero-order valence-electron chi connectivity index (χ0n) is 17.3. The normalized spacial score (nSPS) is 45.3. The maximum Gasteiger partial charge on any atom is -0.0179 e. The Kier molecular flexibility index (Phi) is 6.80. The fourth-order valence-electron chi connectivity index (χ4n) is 6.93. The van der Waals surface area contributed by atoms with Crippen molar-refractivity contribution in [3.8, 4) is 0 Å². The van der Waals surface area contributed by atoms with Gasteiger partial charge in [0.2, 0.25) is 0 Å². The van der Waals surface area contributed by atoms with Gasteiger partial charge in [-0.25, -0.2) is 0 Å². The Morgan fingerprint density at radius 2 is 1.75 bits per heavy atom. The molecule has 7 atom stereocenters. The lowest BCUT2D eigenvalue weighted by Gasteiger charge is -2.47. The zero-order valence-corrected chi connectivity index (χ0v) is 17.3. The Labute approximate surface area is 152 Å². The molecule has 0 N–H and O–H groups in total. The van der Waals surface area contributed by atoms with Crippen LogP contribution in [0.2, 0.25) is 0 Å². The predicted octanol–water partition coefficient (Wildman–Crippen LogP) is 7.66. The van der Waals surface area contributed by atoms with E-state index in [-0.39, 0.29) is 0 Å². The molecule has 0 saturated heterocycles. The lowest BCUT2D eigenvalue weighted by molar-refractivity contribution is 0.0273. The summed E-state index contributed by atoms with van der Waals surface area (Å²) in [5, 5.41) is 0. The van der Waals surface area contributed by atoms with Crippen molar-refractivity contribution >= 4 is 0 Å². The summed E-state index contributed by atoms with van der Waals surface area (Å²) < 4.78 is 0. The third-order valence-electron chi connectivity index (χ3n) is 7.90. The summed E-state index contributed by atoms with van der Waals surface area (Å²) in [6, 6.07) is 0. The van der Waals surface area contributed by atoms with Gasteiger partial charge in [-0.1, -0.05) is 52.3 Å². The molecule has 0 heteroatoms. The average Bonchev–Trinajstić information content (AvgIpc) is 3.14. The van der Waals surface area contributed by atoms with E-state index in [1.807, 2.05) is 27.7 Å². The summed E-state index contributed by atoms with van der Waals surface area (Å²) >= 11 is 0. The number of allylic oxidation sites excluding steroid dienone is 3. The molecule has 0 amide bonds. The maximum atomic E-state index is 4.14. The molecule has 0 aromatic carbocycles. The van der Waals surface area contributed by atoms with Crippen LogP contribution in [0.15, 0.2) is 24.3 Å². The molecule has 24 heavy (non-hydrogen) atoms. The molecule has 0 aromatic heterocycles. The van der Waals surface area contributed by atoms with Crippen LogP contribution in [-0.2, 0) is 0 Å². The molecule has 0 aliphatic heterocycles. The first kappa shape index (κ1) is 19.8. The third-order valence-corrected chi connectivity index (χ3v) is 7.90. The summed E-state index contributed by atoms with van der Waals surface area (Å²) in [5.41, 5.74) is 2.27. The molecule has 0 nitrogen and oxygen atoms in total. The predicted molar refractivity (Wildman–Crippen MR) is 108 cm³/mol. The van der Waals surface area contributed by atoms with Crippen LogP contribution in [0.25, 0.3) is 0 Å². The van der Waals surface area contributed by atoms with Gasteiger partial charge in [0.1, 0.15) is 0 Å². The third kappa shape index (κ3) is 3.15. The smallest absolute Gasteiger partial charge is 0.0179 e. The molecule has 3 fully saturated rings. The summed E-state index contributed by atoms with van der Waals surface area (Å²) in [7, 11) is 0. The van der Waals surface area contributed by atoms with Crippen LogP contribution in [0, 0.1) is 40.9 Å². The van der Waals surface area contributed by atoms with Crippen molar-refractivity contribution in [3.63, 3.8) is 0 Å². The van der Waals surface area contributed by atoms with Crippen molar-refractivity contribution in [1.29, 1.82) is 0 Å². The van der Waals surface area contributed by atoms with Crippen molar-refractivity contribution in [2.24, 2.45) is 40.9 Å². The minimum atomic E-state index is 0.596.